The molecule has 2 fully saturated rings. The normalized spacial score (nSPS) is 34.6. The van der Waals surface area contributed by atoms with Gasteiger partial charge in [-0.05, 0) is 71.5 Å². The van der Waals surface area contributed by atoms with Crippen LogP contribution in [-0.2, 0) is 15.3 Å². The highest BCUT2D eigenvalue weighted by Gasteiger charge is 2.62. The molecule has 4 atom stereocenters. The van der Waals surface area contributed by atoms with Gasteiger partial charge in [-0.15, -0.1) is 0 Å². The Morgan fingerprint density at radius 2 is 1.75 bits per heavy atom. The van der Waals surface area contributed by atoms with Crippen molar-refractivity contribution in [2.45, 2.75) is 83.5 Å². The average Bonchev–Trinajstić information content (AvgIpc) is 2.73. The van der Waals surface area contributed by atoms with E-state index in [1.807, 2.05) is 0 Å². The molecule has 0 bridgehead atoms. The largest absolute Gasteiger partial charge is 0.355 e. The van der Waals surface area contributed by atoms with Gasteiger partial charge < -0.3 is 5.32 Å². The van der Waals surface area contributed by atoms with Gasteiger partial charge in [-0.2, -0.15) is 0 Å². The molecule has 0 aromatic heterocycles. The van der Waals surface area contributed by atoms with E-state index >= 15 is 0 Å². The van der Waals surface area contributed by atoms with E-state index in [-0.39, 0.29) is 45.5 Å². The van der Waals surface area contributed by atoms with Crippen molar-refractivity contribution in [1.82, 2.24) is 5.32 Å². The van der Waals surface area contributed by atoms with Crippen LogP contribution in [0.1, 0.15) is 99.4 Å². The second-order valence-electron chi connectivity index (χ2n) is 11.4. The Balaban J connectivity index is 2.00. The van der Waals surface area contributed by atoms with Gasteiger partial charge in [0.15, 0.2) is 15.6 Å². The SMILES string of the molecule is CCC(=O)c1cc(C(=O)NC)c2c(c1)S(=O)(=O)C[C@@H]1[C@@]3(C)CCCC(C)(C)[C@@H]3CC[C@@]21C. The smallest absolute Gasteiger partial charge is 0.251 e. The van der Waals surface area contributed by atoms with E-state index in [4.69, 9.17) is 0 Å². The van der Waals surface area contributed by atoms with Crippen molar-refractivity contribution >= 4 is 21.5 Å². The molecule has 176 valence electrons. The fourth-order valence-corrected chi connectivity index (χ4v) is 10.1. The number of rotatable bonds is 3. The fourth-order valence-electron chi connectivity index (χ4n) is 7.76. The molecule has 5 nitrogen and oxygen atoms in total. The Labute approximate surface area is 192 Å². The molecule has 1 aliphatic heterocycles. The highest BCUT2D eigenvalue weighted by molar-refractivity contribution is 7.91. The summed E-state index contributed by atoms with van der Waals surface area (Å²) in [6.07, 6.45) is 5.44. The molecule has 3 aliphatic rings. The summed E-state index contributed by atoms with van der Waals surface area (Å²) in [4.78, 5) is 25.7. The first-order valence-electron chi connectivity index (χ1n) is 12.0. The second-order valence-corrected chi connectivity index (χ2v) is 13.4. The van der Waals surface area contributed by atoms with Gasteiger partial charge >= 0.3 is 0 Å². The molecule has 1 N–H and O–H groups in total. The lowest BCUT2D eigenvalue weighted by atomic mass is 9.42. The summed E-state index contributed by atoms with van der Waals surface area (Å²) in [5, 5.41) is 2.69. The molecule has 1 amide bonds. The lowest BCUT2D eigenvalue weighted by Crippen LogP contribution is -2.60. The van der Waals surface area contributed by atoms with Gasteiger partial charge in [-0.3, -0.25) is 9.59 Å². The summed E-state index contributed by atoms with van der Waals surface area (Å²) >= 11 is 0. The molecule has 32 heavy (non-hydrogen) atoms. The molecule has 1 aromatic carbocycles. The van der Waals surface area contributed by atoms with E-state index in [0.717, 1.165) is 25.7 Å². The molecular formula is C26H37NO4S. The number of nitrogens with one attached hydrogen (secondary N) is 1. The van der Waals surface area contributed by atoms with Gasteiger partial charge in [0, 0.05) is 24.6 Å². The molecular weight excluding hydrogens is 422 g/mol. The monoisotopic (exact) mass is 459 g/mol. The van der Waals surface area contributed by atoms with Crippen molar-refractivity contribution in [3.05, 3.63) is 28.8 Å². The third-order valence-electron chi connectivity index (χ3n) is 9.30. The molecule has 0 saturated heterocycles. The number of benzene rings is 1. The lowest BCUT2D eigenvalue weighted by Gasteiger charge is -2.64. The summed E-state index contributed by atoms with van der Waals surface area (Å²) < 4.78 is 27.5. The summed E-state index contributed by atoms with van der Waals surface area (Å²) in [5.74, 6) is 0.0340. The molecule has 4 rings (SSSR count). The Kier molecular flexibility index (Phi) is 5.43. The maximum Gasteiger partial charge on any atom is 0.251 e. The Morgan fingerprint density at radius 1 is 1.06 bits per heavy atom. The minimum absolute atomic E-state index is 0.0537. The highest BCUT2D eigenvalue weighted by atomic mass is 32.2. The van der Waals surface area contributed by atoms with Gasteiger partial charge in [0.05, 0.1) is 10.6 Å². The first-order valence-corrected chi connectivity index (χ1v) is 13.6. The fraction of sp³-hybridized carbons (Fsp3) is 0.692. The van der Waals surface area contributed by atoms with E-state index in [0.29, 0.717) is 22.6 Å². The van der Waals surface area contributed by atoms with Gasteiger partial charge in [0.25, 0.3) is 5.91 Å². The molecule has 0 radical (unpaired) electrons. The molecule has 0 unspecified atom stereocenters. The van der Waals surface area contributed by atoms with E-state index < -0.39 is 15.3 Å². The molecule has 1 heterocycles. The first kappa shape index (κ1) is 23.5. The zero-order valence-corrected chi connectivity index (χ0v) is 21.1. The van der Waals surface area contributed by atoms with Gasteiger partial charge in [-0.25, -0.2) is 8.42 Å². The standard InChI is InChI=1S/C26H37NO4S/c1-7-18(28)16-13-17(23(29)27-6)22-19(14-16)32(30,31)15-21-25(4)11-8-10-24(2,3)20(25)9-12-26(21,22)5/h13-14,20-21H,7-12,15H2,1-6H3,(H,27,29)/t20-,21+,25-,26+/m0/s1. The molecule has 2 saturated carbocycles. The number of sulfone groups is 1. The van der Waals surface area contributed by atoms with Crippen LogP contribution in [0.4, 0.5) is 0 Å². The third-order valence-corrected chi connectivity index (χ3v) is 11.1. The van der Waals surface area contributed by atoms with E-state index in [1.165, 1.54) is 6.42 Å². The number of ketones is 1. The van der Waals surface area contributed by atoms with Crippen LogP contribution in [0.25, 0.3) is 0 Å². The number of Topliss-reactive ketones (excluding diaryl/α,β-unsaturated/α-hetero) is 1. The minimum atomic E-state index is -3.64. The summed E-state index contributed by atoms with van der Waals surface area (Å²) in [5.41, 5.74) is 0.971. The number of hydrogen-bond acceptors (Lipinski definition) is 4. The van der Waals surface area contributed by atoms with Crippen LogP contribution in [0.5, 0.6) is 0 Å². The van der Waals surface area contributed by atoms with Crippen LogP contribution >= 0.6 is 0 Å². The zero-order valence-electron chi connectivity index (χ0n) is 20.3. The van der Waals surface area contributed by atoms with E-state index in [2.05, 4.69) is 33.0 Å². The lowest BCUT2D eigenvalue weighted by molar-refractivity contribution is -0.0982. The Morgan fingerprint density at radius 3 is 2.38 bits per heavy atom. The van der Waals surface area contributed by atoms with E-state index in [1.54, 1.807) is 26.1 Å². The zero-order chi connectivity index (χ0) is 23.7. The molecule has 0 spiro atoms. The van der Waals surface area contributed by atoms with Crippen molar-refractivity contribution in [3.8, 4) is 0 Å². The molecule has 1 aromatic rings. The number of carbonyl (C=O) groups excluding carboxylic acids is 2. The summed E-state index contributed by atoms with van der Waals surface area (Å²) in [7, 11) is -2.08. The third kappa shape index (κ3) is 3.19. The summed E-state index contributed by atoms with van der Waals surface area (Å²) in [6, 6.07) is 3.18. The van der Waals surface area contributed by atoms with E-state index in [9.17, 15) is 18.0 Å². The quantitative estimate of drug-likeness (QED) is 0.650. The Hall–Kier alpha value is -1.69. The average molecular weight is 460 g/mol. The predicted molar refractivity (Wildman–Crippen MR) is 126 cm³/mol. The first-order chi connectivity index (χ1) is 14.8. The van der Waals surface area contributed by atoms with Crippen molar-refractivity contribution in [3.63, 3.8) is 0 Å². The Bertz CT molecular complexity index is 1090. The van der Waals surface area contributed by atoms with Crippen LogP contribution in [0.15, 0.2) is 17.0 Å². The second kappa shape index (κ2) is 7.41. The van der Waals surface area contributed by atoms with Crippen LogP contribution in [0, 0.1) is 22.7 Å². The maximum atomic E-state index is 13.7. The number of fused-ring (bicyclic) bond motifs is 5. The van der Waals surface area contributed by atoms with Crippen LogP contribution in [0.3, 0.4) is 0 Å². The van der Waals surface area contributed by atoms with Crippen LogP contribution in [0.2, 0.25) is 0 Å². The molecule has 6 heteroatoms. The number of amides is 1. The summed E-state index contributed by atoms with van der Waals surface area (Å²) in [6.45, 7) is 10.9. The molecule has 2 aliphatic carbocycles. The van der Waals surface area contributed by atoms with Crippen molar-refractivity contribution < 1.29 is 18.0 Å². The van der Waals surface area contributed by atoms with Crippen molar-refractivity contribution in [2.75, 3.05) is 12.8 Å². The number of carbonyl (C=O) groups is 2. The predicted octanol–water partition coefficient (Wildman–Crippen LogP) is 4.93. The van der Waals surface area contributed by atoms with Gasteiger partial charge in [0.2, 0.25) is 0 Å². The topological polar surface area (TPSA) is 80.3 Å². The van der Waals surface area contributed by atoms with Crippen LogP contribution < -0.4 is 5.32 Å². The number of hydrogen-bond donors (Lipinski definition) is 1. The van der Waals surface area contributed by atoms with Gasteiger partial charge in [0.1, 0.15) is 0 Å². The maximum absolute atomic E-state index is 13.7. The van der Waals surface area contributed by atoms with Crippen molar-refractivity contribution in [1.29, 1.82) is 0 Å². The van der Waals surface area contributed by atoms with Crippen LogP contribution in [-0.4, -0.2) is 32.9 Å². The highest BCUT2D eigenvalue weighted by Crippen LogP contribution is 2.66. The minimum Gasteiger partial charge on any atom is -0.355 e. The van der Waals surface area contributed by atoms with Gasteiger partial charge in [-0.1, -0.05) is 41.0 Å². The van der Waals surface area contributed by atoms with Crippen molar-refractivity contribution in [2.24, 2.45) is 22.7 Å².